The molecule has 2 amide bonds. The number of benzene rings is 4. The zero-order valence-electron chi connectivity index (χ0n) is 21.1. The van der Waals surface area contributed by atoms with E-state index in [1.165, 1.54) is 50.2 Å². The first-order chi connectivity index (χ1) is 18.9. The number of nitrogens with one attached hydrogen (secondary N) is 2. The van der Waals surface area contributed by atoms with E-state index in [1.807, 2.05) is 42.5 Å². The van der Waals surface area contributed by atoms with Crippen LogP contribution in [-0.2, 0) is 4.79 Å². The van der Waals surface area contributed by atoms with Crippen LogP contribution in [0.15, 0.2) is 102 Å². The van der Waals surface area contributed by atoms with Crippen molar-refractivity contribution in [2.75, 3.05) is 24.9 Å². The zero-order valence-corrected chi connectivity index (χ0v) is 21.9. The quantitative estimate of drug-likeness (QED) is 0.136. The number of nitro benzene ring substituents is 1. The number of thioether (sulfide) groups is 1. The maximum Gasteiger partial charge on any atom is 0.269 e. The lowest BCUT2D eigenvalue weighted by Gasteiger charge is -2.17. The second kappa shape index (κ2) is 12.6. The molecule has 0 aliphatic heterocycles. The van der Waals surface area contributed by atoms with E-state index in [2.05, 4.69) is 10.6 Å². The van der Waals surface area contributed by atoms with Gasteiger partial charge in [-0.05, 0) is 60.2 Å². The number of carbonyl (C=O) groups is 2. The molecule has 0 saturated heterocycles. The van der Waals surface area contributed by atoms with Crippen LogP contribution in [0.1, 0.15) is 21.2 Å². The van der Waals surface area contributed by atoms with Gasteiger partial charge in [0.25, 0.3) is 11.6 Å². The number of nitrogens with zero attached hydrogens (tertiary/aromatic N) is 1. The molecule has 0 radical (unpaired) electrons. The highest BCUT2D eigenvalue weighted by molar-refractivity contribution is 8.00. The SMILES string of the molecule is COc1ccc(C(=O)Nc2ccc(SC(C(=O)Nc3ccc([N+](=O)[O-])cc3)c3ccccc3)cc2)cc1OC. The summed E-state index contributed by atoms with van der Waals surface area (Å²) < 4.78 is 10.5. The monoisotopic (exact) mass is 543 g/mol. The third-order valence-electron chi connectivity index (χ3n) is 5.70. The van der Waals surface area contributed by atoms with E-state index >= 15 is 0 Å². The maximum atomic E-state index is 13.3. The number of nitro groups is 1. The molecule has 0 saturated carbocycles. The predicted octanol–water partition coefficient (Wildman–Crippen LogP) is 6.34. The van der Waals surface area contributed by atoms with Gasteiger partial charge < -0.3 is 20.1 Å². The van der Waals surface area contributed by atoms with Crippen LogP contribution in [0.2, 0.25) is 0 Å². The minimum absolute atomic E-state index is 0.0553. The molecule has 4 aromatic carbocycles. The second-order valence-corrected chi connectivity index (χ2v) is 9.43. The van der Waals surface area contributed by atoms with Crippen LogP contribution in [0.3, 0.4) is 0 Å². The molecule has 10 heteroatoms. The molecule has 0 spiro atoms. The molecule has 0 heterocycles. The van der Waals surface area contributed by atoms with E-state index in [1.54, 1.807) is 30.3 Å². The maximum absolute atomic E-state index is 13.3. The van der Waals surface area contributed by atoms with Crippen molar-refractivity contribution >= 4 is 40.6 Å². The second-order valence-electron chi connectivity index (χ2n) is 8.25. The molecule has 0 aliphatic rings. The van der Waals surface area contributed by atoms with Crippen molar-refractivity contribution in [2.45, 2.75) is 10.1 Å². The van der Waals surface area contributed by atoms with Crippen molar-refractivity contribution < 1.29 is 24.0 Å². The van der Waals surface area contributed by atoms with Gasteiger partial charge in [0, 0.05) is 34.0 Å². The molecular weight excluding hydrogens is 518 g/mol. The summed E-state index contributed by atoms with van der Waals surface area (Å²) in [6.45, 7) is 0. The molecule has 198 valence electrons. The van der Waals surface area contributed by atoms with Gasteiger partial charge in [-0.25, -0.2) is 0 Å². The Labute approximate surface area is 229 Å². The van der Waals surface area contributed by atoms with Crippen molar-refractivity contribution in [1.29, 1.82) is 0 Å². The van der Waals surface area contributed by atoms with E-state index in [-0.39, 0.29) is 17.5 Å². The van der Waals surface area contributed by atoms with Gasteiger partial charge in [0.15, 0.2) is 11.5 Å². The van der Waals surface area contributed by atoms with Gasteiger partial charge in [0.1, 0.15) is 5.25 Å². The molecule has 1 atom stereocenters. The van der Waals surface area contributed by atoms with Gasteiger partial charge in [-0.3, -0.25) is 19.7 Å². The highest BCUT2D eigenvalue weighted by Crippen LogP contribution is 2.37. The van der Waals surface area contributed by atoms with Gasteiger partial charge in [-0.15, -0.1) is 11.8 Å². The van der Waals surface area contributed by atoms with Gasteiger partial charge in [0.05, 0.1) is 19.1 Å². The summed E-state index contributed by atoms with van der Waals surface area (Å²) in [5.74, 6) is 0.406. The molecule has 0 aliphatic carbocycles. The fourth-order valence-electron chi connectivity index (χ4n) is 3.71. The fraction of sp³-hybridized carbons (Fsp3) is 0.103. The molecule has 0 aromatic heterocycles. The number of amides is 2. The Morgan fingerprint density at radius 3 is 2.03 bits per heavy atom. The number of carbonyl (C=O) groups excluding carboxylic acids is 2. The van der Waals surface area contributed by atoms with E-state index in [4.69, 9.17) is 9.47 Å². The minimum atomic E-state index is -0.589. The predicted molar refractivity (Wildman–Crippen MR) is 151 cm³/mol. The van der Waals surface area contributed by atoms with Crippen LogP contribution in [0, 0.1) is 10.1 Å². The largest absolute Gasteiger partial charge is 0.493 e. The van der Waals surface area contributed by atoms with Crippen molar-refractivity contribution in [1.82, 2.24) is 0 Å². The van der Waals surface area contributed by atoms with Crippen LogP contribution in [-0.4, -0.2) is 31.0 Å². The number of hydrogen-bond acceptors (Lipinski definition) is 7. The number of non-ortho nitro benzene ring substituents is 1. The van der Waals surface area contributed by atoms with Crippen LogP contribution in [0.25, 0.3) is 0 Å². The number of hydrogen-bond donors (Lipinski definition) is 2. The average Bonchev–Trinajstić information content (AvgIpc) is 2.97. The van der Waals surface area contributed by atoms with Gasteiger partial charge in [0.2, 0.25) is 5.91 Å². The Bertz CT molecular complexity index is 1460. The summed E-state index contributed by atoms with van der Waals surface area (Å²) in [5.41, 5.74) is 2.21. The first kappa shape index (κ1) is 27.2. The van der Waals surface area contributed by atoms with Crippen molar-refractivity contribution in [2.24, 2.45) is 0 Å². The fourth-order valence-corrected chi connectivity index (χ4v) is 4.73. The first-order valence-corrected chi connectivity index (χ1v) is 12.7. The molecule has 1 unspecified atom stereocenters. The normalized spacial score (nSPS) is 11.2. The highest BCUT2D eigenvalue weighted by atomic mass is 32.2. The number of anilines is 2. The molecule has 4 rings (SSSR count). The highest BCUT2D eigenvalue weighted by Gasteiger charge is 2.22. The van der Waals surface area contributed by atoms with Crippen LogP contribution in [0.5, 0.6) is 11.5 Å². The third-order valence-corrected chi connectivity index (χ3v) is 6.96. The summed E-state index contributed by atoms with van der Waals surface area (Å²) in [6.07, 6.45) is 0. The molecule has 4 aromatic rings. The Hall–Kier alpha value is -4.83. The summed E-state index contributed by atoms with van der Waals surface area (Å²) in [6, 6.07) is 27.1. The van der Waals surface area contributed by atoms with Gasteiger partial charge in [-0.2, -0.15) is 0 Å². The van der Waals surface area contributed by atoms with E-state index < -0.39 is 10.2 Å². The Morgan fingerprint density at radius 1 is 0.795 bits per heavy atom. The summed E-state index contributed by atoms with van der Waals surface area (Å²) >= 11 is 1.35. The molecule has 0 fully saturated rings. The van der Waals surface area contributed by atoms with E-state index in [9.17, 15) is 19.7 Å². The minimum Gasteiger partial charge on any atom is -0.493 e. The topological polar surface area (TPSA) is 120 Å². The van der Waals surface area contributed by atoms with Gasteiger partial charge >= 0.3 is 0 Å². The molecule has 0 bridgehead atoms. The summed E-state index contributed by atoms with van der Waals surface area (Å²) in [5, 5.41) is 16.0. The standard InChI is InChI=1S/C29H25N3O6S/c1-37-25-17-8-20(18-26(25)38-2)28(33)30-22-11-15-24(16-12-22)39-27(19-6-4-3-5-7-19)29(34)31-21-9-13-23(14-10-21)32(35)36/h3-18,27H,1-2H3,(H,30,33)(H,31,34). The van der Waals surface area contributed by atoms with Crippen LogP contribution in [0.4, 0.5) is 17.1 Å². The number of ether oxygens (including phenoxy) is 2. The lowest BCUT2D eigenvalue weighted by molar-refractivity contribution is -0.384. The Balaban J connectivity index is 1.47. The Kier molecular flexibility index (Phi) is 8.80. The third kappa shape index (κ3) is 6.93. The summed E-state index contributed by atoms with van der Waals surface area (Å²) in [4.78, 5) is 37.2. The molecule has 39 heavy (non-hydrogen) atoms. The van der Waals surface area contributed by atoms with Gasteiger partial charge in [-0.1, -0.05) is 30.3 Å². The number of rotatable bonds is 10. The van der Waals surface area contributed by atoms with Crippen molar-refractivity contribution in [3.05, 3.63) is 118 Å². The first-order valence-electron chi connectivity index (χ1n) is 11.8. The molecular formula is C29H25N3O6S. The lowest BCUT2D eigenvalue weighted by Crippen LogP contribution is -2.19. The van der Waals surface area contributed by atoms with Crippen LogP contribution >= 0.6 is 11.8 Å². The molecule has 9 nitrogen and oxygen atoms in total. The lowest BCUT2D eigenvalue weighted by atomic mass is 10.1. The zero-order chi connectivity index (χ0) is 27.8. The smallest absolute Gasteiger partial charge is 0.269 e. The average molecular weight is 544 g/mol. The van der Waals surface area contributed by atoms with E-state index in [0.717, 1.165) is 10.5 Å². The summed E-state index contributed by atoms with van der Waals surface area (Å²) in [7, 11) is 3.03. The number of methoxy groups -OCH3 is 2. The Morgan fingerprint density at radius 2 is 1.41 bits per heavy atom. The molecule has 2 N–H and O–H groups in total. The van der Waals surface area contributed by atoms with Crippen molar-refractivity contribution in [3.8, 4) is 11.5 Å². The van der Waals surface area contributed by atoms with Crippen molar-refractivity contribution in [3.63, 3.8) is 0 Å². The van der Waals surface area contributed by atoms with E-state index in [0.29, 0.717) is 28.4 Å². The van der Waals surface area contributed by atoms with Crippen LogP contribution < -0.4 is 20.1 Å².